The van der Waals surface area contributed by atoms with Crippen molar-refractivity contribution < 1.29 is 36.2 Å². The summed E-state index contributed by atoms with van der Waals surface area (Å²) in [4.78, 5) is 7.64. The average molecular weight is 496 g/mol. The van der Waals surface area contributed by atoms with Gasteiger partial charge in [-0.2, -0.15) is 8.78 Å². The molecule has 0 saturated carbocycles. The van der Waals surface area contributed by atoms with Crippen molar-refractivity contribution in [2.45, 2.75) is 24.4 Å². The normalized spacial score (nSPS) is 13.9. The quantitative estimate of drug-likeness (QED) is 0.388. The molecule has 1 unspecified atom stereocenters. The van der Waals surface area contributed by atoms with E-state index < -0.39 is 41.7 Å². The van der Waals surface area contributed by atoms with Crippen LogP contribution in [0.15, 0.2) is 67.3 Å². The molecule has 0 fully saturated rings. The topological polar surface area (TPSA) is 98.8 Å². The molecule has 8 nitrogen and oxygen atoms in total. The number of nitrogens with zero attached hydrogens (tertiary/aromatic N) is 6. The molecule has 14 heteroatoms. The van der Waals surface area contributed by atoms with E-state index in [4.69, 9.17) is 0 Å². The van der Waals surface area contributed by atoms with Gasteiger partial charge in [0.05, 0.1) is 24.6 Å². The minimum Gasteiger partial charge on any atom is -0.406 e. The van der Waals surface area contributed by atoms with Crippen LogP contribution < -0.4 is 4.74 Å². The maximum atomic E-state index is 15.7. The number of alkyl halides is 5. The van der Waals surface area contributed by atoms with Crippen LogP contribution in [0, 0.1) is 5.82 Å². The van der Waals surface area contributed by atoms with Gasteiger partial charge in [0, 0.05) is 5.56 Å². The van der Waals surface area contributed by atoms with Crippen LogP contribution in [0.5, 0.6) is 5.75 Å². The van der Waals surface area contributed by atoms with Crippen LogP contribution in [0.3, 0.4) is 0 Å². The van der Waals surface area contributed by atoms with E-state index in [1.165, 1.54) is 12.1 Å². The molecule has 182 valence electrons. The number of hydrogen-bond acceptors (Lipinski definition) is 7. The van der Waals surface area contributed by atoms with Gasteiger partial charge in [0.2, 0.25) is 0 Å². The molecule has 0 radical (unpaired) electrons. The van der Waals surface area contributed by atoms with Gasteiger partial charge in [-0.15, -0.1) is 18.3 Å². The van der Waals surface area contributed by atoms with Gasteiger partial charge in [0.1, 0.15) is 23.6 Å². The van der Waals surface area contributed by atoms with E-state index in [-0.39, 0.29) is 16.8 Å². The number of tetrazole rings is 1. The van der Waals surface area contributed by atoms with Gasteiger partial charge >= 0.3 is 12.3 Å². The molecule has 4 rings (SSSR count). The van der Waals surface area contributed by atoms with Gasteiger partial charge in [-0.3, -0.25) is 9.97 Å². The molecule has 2 aromatic carbocycles. The lowest BCUT2D eigenvalue weighted by Crippen LogP contribution is -2.47. The lowest BCUT2D eigenvalue weighted by molar-refractivity contribution is -0.274. The van der Waals surface area contributed by atoms with Crippen LogP contribution in [0.25, 0.3) is 11.3 Å². The van der Waals surface area contributed by atoms with Crippen molar-refractivity contribution in [2.24, 2.45) is 0 Å². The number of halogens is 6. The van der Waals surface area contributed by atoms with Gasteiger partial charge in [0.15, 0.2) is 5.60 Å². The Bertz CT molecular complexity index is 1270. The largest absolute Gasteiger partial charge is 0.573 e. The molecule has 0 aliphatic carbocycles. The van der Waals surface area contributed by atoms with E-state index in [0.29, 0.717) is 0 Å². The van der Waals surface area contributed by atoms with Crippen LogP contribution in [0.2, 0.25) is 0 Å². The van der Waals surface area contributed by atoms with Crippen molar-refractivity contribution in [2.75, 3.05) is 0 Å². The molecule has 0 aliphatic heterocycles. The van der Waals surface area contributed by atoms with E-state index in [9.17, 15) is 22.7 Å². The van der Waals surface area contributed by atoms with Crippen molar-refractivity contribution >= 4 is 0 Å². The standard InChI is InChI=1S/C21H14F6N6O2/c22-15-5-3-14(4-6-15)19(34,11-33-12-30-31-32-33)20(23,24)18-10-28-17(9-29-18)13-1-7-16(8-2-13)35-21(25,26)27/h1-10,12,34H,11H2. The molecule has 0 aliphatic rings. The minimum absolute atomic E-state index is 0.0777. The minimum atomic E-state index is -4.86. The maximum Gasteiger partial charge on any atom is 0.573 e. The highest BCUT2D eigenvalue weighted by molar-refractivity contribution is 5.59. The molecule has 0 saturated heterocycles. The molecule has 0 amide bonds. The third-order valence-electron chi connectivity index (χ3n) is 4.98. The van der Waals surface area contributed by atoms with E-state index in [1.54, 1.807) is 0 Å². The Labute approximate surface area is 192 Å². The predicted octanol–water partition coefficient (Wildman–Crippen LogP) is 3.85. The molecule has 1 N–H and O–H groups in total. The highest BCUT2D eigenvalue weighted by Crippen LogP contribution is 2.45. The number of aromatic nitrogens is 6. The summed E-state index contributed by atoms with van der Waals surface area (Å²) in [7, 11) is 0. The van der Waals surface area contributed by atoms with E-state index in [1.807, 2.05) is 0 Å². The van der Waals surface area contributed by atoms with Crippen LogP contribution in [-0.2, 0) is 18.1 Å². The SMILES string of the molecule is OC(Cn1cnnn1)(c1ccc(F)cc1)C(F)(F)c1cnc(-c2ccc(OC(F)(F)F)cc2)cn1. The maximum absolute atomic E-state index is 15.7. The van der Waals surface area contributed by atoms with Crippen LogP contribution >= 0.6 is 0 Å². The molecule has 35 heavy (non-hydrogen) atoms. The second-order valence-corrected chi connectivity index (χ2v) is 7.31. The van der Waals surface area contributed by atoms with Crippen molar-refractivity contribution in [3.63, 3.8) is 0 Å². The lowest BCUT2D eigenvalue weighted by atomic mass is 9.85. The Balaban J connectivity index is 1.65. The van der Waals surface area contributed by atoms with Crippen LogP contribution in [-0.4, -0.2) is 41.6 Å². The van der Waals surface area contributed by atoms with Crippen molar-refractivity contribution in [3.8, 4) is 17.0 Å². The number of rotatable bonds is 7. The first-order valence-electron chi connectivity index (χ1n) is 9.74. The molecule has 1 atom stereocenters. The zero-order valence-corrected chi connectivity index (χ0v) is 17.4. The molecule has 0 spiro atoms. The summed E-state index contributed by atoms with van der Waals surface area (Å²) in [5.41, 5.74) is -3.84. The first-order valence-corrected chi connectivity index (χ1v) is 9.74. The van der Waals surface area contributed by atoms with Gasteiger partial charge in [-0.25, -0.2) is 9.07 Å². The highest BCUT2D eigenvalue weighted by Gasteiger charge is 2.57. The molecule has 2 heterocycles. The first kappa shape index (κ1) is 24.1. The second-order valence-electron chi connectivity index (χ2n) is 7.31. The number of ether oxygens (including phenoxy) is 1. The van der Waals surface area contributed by atoms with Crippen LogP contribution in [0.4, 0.5) is 26.3 Å². The summed E-state index contributed by atoms with van der Waals surface area (Å²) in [6.07, 6.45) is -2.14. The zero-order chi connectivity index (χ0) is 25.3. The Morgan fingerprint density at radius 1 is 0.886 bits per heavy atom. The summed E-state index contributed by atoms with van der Waals surface area (Å²) in [5.74, 6) is -5.23. The number of benzene rings is 2. The van der Waals surface area contributed by atoms with Gasteiger partial charge in [0.25, 0.3) is 0 Å². The lowest BCUT2D eigenvalue weighted by Gasteiger charge is -2.35. The number of aliphatic hydroxyl groups is 1. The third-order valence-corrected chi connectivity index (χ3v) is 4.98. The van der Waals surface area contributed by atoms with E-state index in [0.717, 1.165) is 59.8 Å². The van der Waals surface area contributed by atoms with Crippen LogP contribution in [0.1, 0.15) is 11.3 Å². The van der Waals surface area contributed by atoms with Crippen molar-refractivity contribution in [1.82, 2.24) is 30.2 Å². The Morgan fingerprint density at radius 2 is 1.57 bits per heavy atom. The summed E-state index contributed by atoms with van der Waals surface area (Å²) in [6.45, 7) is -0.803. The summed E-state index contributed by atoms with van der Waals surface area (Å²) in [6, 6.07) is 8.39. The number of hydrogen-bond donors (Lipinski definition) is 1. The fourth-order valence-corrected chi connectivity index (χ4v) is 3.26. The summed E-state index contributed by atoms with van der Waals surface area (Å²) < 4.78 is 86.3. The fourth-order valence-electron chi connectivity index (χ4n) is 3.26. The van der Waals surface area contributed by atoms with Gasteiger partial charge in [-0.1, -0.05) is 12.1 Å². The van der Waals surface area contributed by atoms with Crippen molar-refractivity contribution in [1.29, 1.82) is 0 Å². The van der Waals surface area contributed by atoms with E-state index in [2.05, 4.69) is 30.2 Å². The van der Waals surface area contributed by atoms with Crippen molar-refractivity contribution in [3.05, 3.63) is 84.3 Å². The molecule has 0 bridgehead atoms. The molecule has 2 aromatic heterocycles. The average Bonchev–Trinajstić information content (AvgIpc) is 3.32. The third kappa shape index (κ3) is 5.06. The summed E-state index contributed by atoms with van der Waals surface area (Å²) >= 11 is 0. The zero-order valence-electron chi connectivity index (χ0n) is 17.4. The highest BCUT2D eigenvalue weighted by atomic mass is 19.4. The van der Waals surface area contributed by atoms with E-state index >= 15 is 8.78 Å². The Kier molecular flexibility index (Phi) is 6.15. The molecular weight excluding hydrogens is 482 g/mol. The van der Waals surface area contributed by atoms with Gasteiger partial charge < -0.3 is 9.84 Å². The second kappa shape index (κ2) is 8.94. The fraction of sp³-hybridized carbons (Fsp3) is 0.190. The predicted molar refractivity (Wildman–Crippen MR) is 106 cm³/mol. The smallest absolute Gasteiger partial charge is 0.406 e. The molecular formula is C21H14F6N6O2. The summed E-state index contributed by atoms with van der Waals surface area (Å²) in [5, 5.41) is 21.4. The van der Waals surface area contributed by atoms with Gasteiger partial charge in [-0.05, 0) is 52.4 Å². The Morgan fingerprint density at radius 3 is 2.11 bits per heavy atom. The monoisotopic (exact) mass is 496 g/mol. The first-order chi connectivity index (χ1) is 16.5. The Hall–Kier alpha value is -4.07. The molecule has 4 aromatic rings.